The van der Waals surface area contributed by atoms with E-state index in [9.17, 15) is 14.4 Å². The van der Waals surface area contributed by atoms with Crippen molar-refractivity contribution in [2.45, 2.75) is 13.3 Å². The lowest BCUT2D eigenvalue weighted by atomic mass is 9.90. The normalized spacial score (nSPS) is 13.4. The lowest BCUT2D eigenvalue weighted by Crippen LogP contribution is -2.37. The van der Waals surface area contributed by atoms with Crippen molar-refractivity contribution in [3.63, 3.8) is 0 Å². The van der Waals surface area contributed by atoms with Crippen molar-refractivity contribution in [1.29, 1.82) is 0 Å². The van der Waals surface area contributed by atoms with Crippen molar-refractivity contribution in [2.75, 3.05) is 7.05 Å². The first-order valence-corrected chi connectivity index (χ1v) is 7.24. The van der Waals surface area contributed by atoms with Crippen LogP contribution in [0.5, 0.6) is 5.75 Å². The Hall–Kier alpha value is -2.95. The Morgan fingerprint density at radius 3 is 2.30 bits per heavy atom. The molecule has 0 saturated heterocycles. The number of rotatable bonds is 3. The molecule has 1 aliphatic heterocycles. The first-order valence-electron chi connectivity index (χ1n) is 7.24. The molecule has 2 aromatic rings. The van der Waals surface area contributed by atoms with Crippen LogP contribution in [-0.2, 0) is 11.2 Å². The maximum atomic E-state index is 12.4. The molecule has 0 aromatic heterocycles. The van der Waals surface area contributed by atoms with E-state index in [2.05, 4.69) is 6.58 Å². The largest absolute Gasteiger partial charge is 0.423 e. The molecule has 3 rings (SSSR count). The van der Waals surface area contributed by atoms with Gasteiger partial charge in [0.2, 0.25) is 0 Å². The third-order valence-electron chi connectivity index (χ3n) is 4.04. The van der Waals surface area contributed by atoms with Gasteiger partial charge in [0.1, 0.15) is 5.75 Å². The first kappa shape index (κ1) is 15.0. The SMILES string of the molecule is C=CC(=O)Oc1ccc2c3c(ccc(CC)c13)C(=O)N(C)C2=O. The van der Waals surface area contributed by atoms with E-state index in [0.29, 0.717) is 34.1 Å². The number of benzene rings is 2. The van der Waals surface area contributed by atoms with Crippen molar-refractivity contribution in [3.05, 3.63) is 53.6 Å². The predicted octanol–water partition coefficient (Wildman–Crippen LogP) is 2.72. The van der Waals surface area contributed by atoms with Gasteiger partial charge < -0.3 is 4.74 Å². The number of esters is 1. The fraction of sp³-hybridized carbons (Fsp3) is 0.167. The van der Waals surface area contributed by atoms with Gasteiger partial charge in [-0.3, -0.25) is 14.5 Å². The van der Waals surface area contributed by atoms with Crippen molar-refractivity contribution in [2.24, 2.45) is 0 Å². The van der Waals surface area contributed by atoms with Crippen LogP contribution in [0.3, 0.4) is 0 Å². The third-order valence-corrected chi connectivity index (χ3v) is 4.04. The van der Waals surface area contributed by atoms with Crippen molar-refractivity contribution >= 4 is 28.6 Å². The zero-order valence-electron chi connectivity index (χ0n) is 12.9. The number of imide groups is 1. The average Bonchev–Trinajstić information content (AvgIpc) is 2.57. The predicted molar refractivity (Wildman–Crippen MR) is 85.6 cm³/mol. The van der Waals surface area contributed by atoms with Crippen LogP contribution in [0, 0.1) is 0 Å². The van der Waals surface area contributed by atoms with Gasteiger partial charge in [-0.25, -0.2) is 4.79 Å². The minimum Gasteiger partial charge on any atom is -0.423 e. The van der Waals surface area contributed by atoms with Gasteiger partial charge in [-0.15, -0.1) is 0 Å². The minimum absolute atomic E-state index is 0.331. The van der Waals surface area contributed by atoms with E-state index in [-0.39, 0.29) is 11.8 Å². The molecule has 23 heavy (non-hydrogen) atoms. The van der Waals surface area contributed by atoms with Crippen LogP contribution >= 0.6 is 0 Å². The number of hydrogen-bond donors (Lipinski definition) is 0. The molecule has 2 aromatic carbocycles. The molecule has 0 radical (unpaired) electrons. The number of hydrogen-bond acceptors (Lipinski definition) is 4. The second kappa shape index (κ2) is 5.35. The smallest absolute Gasteiger partial charge is 0.335 e. The van der Waals surface area contributed by atoms with Crippen LogP contribution in [0.4, 0.5) is 0 Å². The molecule has 0 aliphatic carbocycles. The van der Waals surface area contributed by atoms with E-state index >= 15 is 0 Å². The summed E-state index contributed by atoms with van der Waals surface area (Å²) in [7, 11) is 1.46. The topological polar surface area (TPSA) is 63.7 Å². The van der Waals surface area contributed by atoms with Crippen molar-refractivity contribution in [3.8, 4) is 5.75 Å². The molecule has 0 unspecified atom stereocenters. The second-order valence-electron chi connectivity index (χ2n) is 5.28. The van der Waals surface area contributed by atoms with Gasteiger partial charge in [-0.2, -0.15) is 0 Å². The summed E-state index contributed by atoms with van der Waals surface area (Å²) in [5, 5.41) is 1.18. The van der Waals surface area contributed by atoms with Gasteiger partial charge in [0.15, 0.2) is 0 Å². The van der Waals surface area contributed by atoms with Gasteiger partial charge in [0, 0.05) is 35.0 Å². The molecule has 0 bridgehead atoms. The van der Waals surface area contributed by atoms with Gasteiger partial charge in [0.05, 0.1) is 0 Å². The summed E-state index contributed by atoms with van der Waals surface area (Å²) in [6, 6.07) is 6.72. The molecule has 5 heteroatoms. The second-order valence-corrected chi connectivity index (χ2v) is 5.28. The first-order chi connectivity index (χ1) is 11.0. The Morgan fingerprint density at radius 2 is 1.74 bits per heavy atom. The number of ether oxygens (including phenoxy) is 1. The number of nitrogens with zero attached hydrogens (tertiary/aromatic N) is 1. The Kier molecular flexibility index (Phi) is 3.48. The van der Waals surface area contributed by atoms with Crippen molar-refractivity contribution in [1.82, 2.24) is 4.90 Å². The highest BCUT2D eigenvalue weighted by molar-refractivity contribution is 6.26. The van der Waals surface area contributed by atoms with Gasteiger partial charge in [-0.05, 0) is 30.2 Å². The summed E-state index contributed by atoms with van der Waals surface area (Å²) in [5.41, 5.74) is 1.78. The standard InChI is InChI=1S/C18H15NO4/c1-4-10-6-7-11-16-12(18(22)19(3)17(11)21)8-9-13(15(10)16)23-14(20)5-2/h5-9H,2,4H2,1,3H3. The molecule has 1 aliphatic rings. The van der Waals surface area contributed by atoms with E-state index in [1.165, 1.54) is 7.05 Å². The van der Waals surface area contributed by atoms with Crippen molar-refractivity contribution < 1.29 is 19.1 Å². The molecular formula is C18H15NO4. The summed E-state index contributed by atoms with van der Waals surface area (Å²) in [5.74, 6) is -0.972. The molecule has 0 N–H and O–H groups in total. The Labute approximate surface area is 133 Å². The maximum Gasteiger partial charge on any atom is 0.335 e. The minimum atomic E-state index is -0.585. The molecule has 2 amide bonds. The molecule has 0 spiro atoms. The number of carbonyl (C=O) groups is 3. The quantitative estimate of drug-likeness (QED) is 0.378. The highest BCUT2D eigenvalue weighted by Gasteiger charge is 2.31. The Morgan fingerprint density at radius 1 is 1.13 bits per heavy atom. The van der Waals surface area contributed by atoms with E-state index in [1.807, 2.05) is 13.0 Å². The average molecular weight is 309 g/mol. The summed E-state index contributed by atoms with van der Waals surface area (Å²) in [6.07, 6.45) is 1.75. The summed E-state index contributed by atoms with van der Waals surface area (Å²) < 4.78 is 5.30. The van der Waals surface area contributed by atoms with Crippen LogP contribution in [0.1, 0.15) is 33.2 Å². The number of amides is 2. The van der Waals surface area contributed by atoms with E-state index < -0.39 is 5.97 Å². The van der Waals surface area contributed by atoms with Gasteiger partial charge >= 0.3 is 5.97 Å². The van der Waals surface area contributed by atoms with E-state index in [4.69, 9.17) is 4.74 Å². The molecule has 0 saturated carbocycles. The number of aryl methyl sites for hydroxylation is 1. The highest BCUT2D eigenvalue weighted by Crippen LogP contribution is 2.37. The van der Waals surface area contributed by atoms with Crippen LogP contribution in [0.25, 0.3) is 10.8 Å². The van der Waals surface area contributed by atoms with Crippen LogP contribution in [0.15, 0.2) is 36.9 Å². The molecule has 1 heterocycles. The fourth-order valence-corrected chi connectivity index (χ4v) is 2.87. The van der Waals surface area contributed by atoms with E-state index in [0.717, 1.165) is 16.5 Å². The molecule has 0 atom stereocenters. The number of carbonyl (C=O) groups excluding carboxylic acids is 3. The summed E-state index contributed by atoms with van der Waals surface area (Å²) in [6.45, 7) is 5.35. The van der Waals surface area contributed by atoms with Crippen LogP contribution < -0.4 is 4.74 Å². The molecule has 5 nitrogen and oxygen atoms in total. The molecular weight excluding hydrogens is 294 g/mol. The maximum absolute atomic E-state index is 12.4. The zero-order chi connectivity index (χ0) is 16.7. The van der Waals surface area contributed by atoms with Crippen LogP contribution in [-0.4, -0.2) is 29.7 Å². The molecule has 116 valence electrons. The lowest BCUT2D eigenvalue weighted by Gasteiger charge is -2.25. The Bertz CT molecular complexity index is 860. The van der Waals surface area contributed by atoms with Crippen LogP contribution in [0.2, 0.25) is 0 Å². The molecule has 0 fully saturated rings. The monoisotopic (exact) mass is 309 g/mol. The lowest BCUT2D eigenvalue weighted by molar-refractivity contribution is -0.128. The highest BCUT2D eigenvalue weighted by atomic mass is 16.5. The third kappa shape index (κ3) is 2.12. The summed E-state index contributed by atoms with van der Waals surface area (Å²) >= 11 is 0. The Balaban J connectivity index is 2.40. The van der Waals surface area contributed by atoms with Gasteiger partial charge in [-0.1, -0.05) is 19.6 Å². The van der Waals surface area contributed by atoms with E-state index in [1.54, 1.807) is 18.2 Å². The summed E-state index contributed by atoms with van der Waals surface area (Å²) in [4.78, 5) is 37.4. The van der Waals surface area contributed by atoms with Gasteiger partial charge in [0.25, 0.3) is 11.8 Å². The zero-order valence-corrected chi connectivity index (χ0v) is 12.9. The fourth-order valence-electron chi connectivity index (χ4n) is 2.87.